The number of benzene rings is 3. The van der Waals surface area contributed by atoms with Crippen LogP contribution in [0.3, 0.4) is 0 Å². The molecule has 0 amide bonds. The summed E-state index contributed by atoms with van der Waals surface area (Å²) in [4.78, 5) is 10.7. The quantitative estimate of drug-likeness (QED) is 0.173. The Morgan fingerprint density at radius 3 is 1.69 bits per heavy atom. The standard InChI is InChI=1S/C26H20F8O7S/c1-15-4-9-18(10-5-15)42(36,37)19-11-6-16(7-12-19)40-20-13-8-17(38-2)14-21(20)41-26(33,34)25(31,32)24(29,30)23(27,28)22(35)39-3/h4-14H,1-3H3. The van der Waals surface area contributed by atoms with E-state index < -0.39 is 51.2 Å². The fourth-order valence-electron chi connectivity index (χ4n) is 3.29. The first-order chi connectivity index (χ1) is 19.3. The second-order valence-corrected chi connectivity index (χ2v) is 10.5. The van der Waals surface area contributed by atoms with Crippen LogP contribution >= 0.6 is 0 Å². The normalized spacial score (nSPS) is 12.9. The molecular weight excluding hydrogens is 608 g/mol. The van der Waals surface area contributed by atoms with Crippen molar-refractivity contribution < 1.29 is 67.3 Å². The van der Waals surface area contributed by atoms with Gasteiger partial charge in [-0.15, -0.1) is 0 Å². The maximum Gasteiger partial charge on any atom is 0.471 e. The molecule has 0 aromatic heterocycles. The lowest BCUT2D eigenvalue weighted by Gasteiger charge is -2.35. The topological polar surface area (TPSA) is 88.1 Å². The second kappa shape index (κ2) is 11.3. The predicted octanol–water partition coefficient (Wildman–Crippen LogP) is 6.68. The highest BCUT2D eigenvalue weighted by molar-refractivity contribution is 7.91. The average Bonchev–Trinajstić information content (AvgIpc) is 2.93. The van der Waals surface area contributed by atoms with Crippen LogP contribution in [0, 0.1) is 6.92 Å². The van der Waals surface area contributed by atoms with Gasteiger partial charge in [-0.2, -0.15) is 35.1 Å². The van der Waals surface area contributed by atoms with Crippen molar-refractivity contribution in [3.8, 4) is 23.0 Å². The monoisotopic (exact) mass is 628 g/mol. The molecular formula is C26H20F8O7S. The third-order valence-corrected chi connectivity index (χ3v) is 7.46. The molecule has 0 N–H and O–H groups in total. The van der Waals surface area contributed by atoms with E-state index in [-0.39, 0.29) is 28.4 Å². The molecule has 228 valence electrons. The number of carbonyl (C=O) groups excluding carboxylic acids is 1. The maximum absolute atomic E-state index is 14.5. The molecule has 7 nitrogen and oxygen atoms in total. The highest BCUT2D eigenvalue weighted by Gasteiger charge is 2.85. The lowest BCUT2D eigenvalue weighted by Crippen LogP contribution is -2.66. The number of hydrogen-bond acceptors (Lipinski definition) is 7. The smallest absolute Gasteiger partial charge is 0.471 e. The summed E-state index contributed by atoms with van der Waals surface area (Å²) < 4.78 is 156. The van der Waals surface area contributed by atoms with Crippen LogP contribution in [0.4, 0.5) is 35.1 Å². The van der Waals surface area contributed by atoms with Gasteiger partial charge >= 0.3 is 29.8 Å². The maximum atomic E-state index is 14.5. The summed E-state index contributed by atoms with van der Waals surface area (Å²) in [6.45, 7) is 1.75. The summed E-state index contributed by atoms with van der Waals surface area (Å²) in [5, 5.41) is 0. The van der Waals surface area contributed by atoms with Gasteiger partial charge in [0.2, 0.25) is 9.84 Å². The van der Waals surface area contributed by atoms with Gasteiger partial charge in [-0.3, -0.25) is 0 Å². The van der Waals surface area contributed by atoms with Crippen LogP contribution in [0.5, 0.6) is 23.0 Å². The number of ether oxygens (including phenoxy) is 4. The minimum absolute atomic E-state index is 0.0367. The molecule has 16 heteroatoms. The van der Waals surface area contributed by atoms with Crippen LogP contribution in [0.25, 0.3) is 0 Å². The number of hydrogen-bond donors (Lipinski definition) is 0. The number of aryl methyl sites for hydroxylation is 1. The Morgan fingerprint density at radius 1 is 0.690 bits per heavy atom. The number of sulfone groups is 1. The van der Waals surface area contributed by atoms with Crippen molar-refractivity contribution in [2.45, 2.75) is 40.6 Å². The molecule has 0 saturated carbocycles. The molecule has 0 saturated heterocycles. The molecule has 3 aromatic carbocycles. The van der Waals surface area contributed by atoms with Crippen molar-refractivity contribution in [1.29, 1.82) is 0 Å². The number of methoxy groups -OCH3 is 2. The first kappa shape index (κ1) is 32.4. The molecule has 0 fully saturated rings. The molecule has 0 heterocycles. The van der Waals surface area contributed by atoms with Crippen LogP contribution in [0.2, 0.25) is 0 Å². The zero-order chi connectivity index (χ0) is 31.7. The van der Waals surface area contributed by atoms with Gasteiger partial charge in [-0.1, -0.05) is 17.7 Å². The minimum atomic E-state index is -6.99. The summed E-state index contributed by atoms with van der Waals surface area (Å²) in [6.07, 6.45) is -6.37. The van der Waals surface area contributed by atoms with Crippen LogP contribution in [0.15, 0.2) is 76.5 Å². The minimum Gasteiger partial charge on any atom is -0.497 e. The van der Waals surface area contributed by atoms with E-state index in [1.165, 1.54) is 12.1 Å². The van der Waals surface area contributed by atoms with Crippen molar-refractivity contribution in [2.24, 2.45) is 0 Å². The molecule has 0 atom stereocenters. The predicted molar refractivity (Wildman–Crippen MR) is 129 cm³/mol. The number of carbonyl (C=O) groups is 1. The van der Waals surface area contributed by atoms with Crippen LogP contribution in [-0.4, -0.2) is 52.5 Å². The van der Waals surface area contributed by atoms with Crippen molar-refractivity contribution in [1.82, 2.24) is 0 Å². The van der Waals surface area contributed by atoms with E-state index in [2.05, 4.69) is 9.47 Å². The lowest BCUT2D eigenvalue weighted by molar-refractivity contribution is -0.403. The van der Waals surface area contributed by atoms with Gasteiger partial charge in [0.05, 0.1) is 24.0 Å². The Morgan fingerprint density at radius 2 is 1.19 bits per heavy atom. The summed E-state index contributed by atoms with van der Waals surface area (Å²) in [5.74, 6) is -26.3. The van der Waals surface area contributed by atoms with Gasteiger partial charge in [0.25, 0.3) is 0 Å². The molecule has 42 heavy (non-hydrogen) atoms. The molecule has 0 radical (unpaired) electrons. The number of alkyl halides is 8. The fraction of sp³-hybridized carbons (Fsp3) is 0.269. The second-order valence-electron chi connectivity index (χ2n) is 8.54. The van der Waals surface area contributed by atoms with Crippen molar-refractivity contribution >= 4 is 15.8 Å². The third-order valence-electron chi connectivity index (χ3n) is 5.68. The zero-order valence-electron chi connectivity index (χ0n) is 21.6. The van der Waals surface area contributed by atoms with Gasteiger partial charge in [0.15, 0.2) is 11.5 Å². The molecule has 0 bridgehead atoms. The molecule has 3 aromatic rings. The van der Waals surface area contributed by atoms with E-state index >= 15 is 0 Å². The zero-order valence-corrected chi connectivity index (χ0v) is 22.5. The Labute approximate surface area is 233 Å². The van der Waals surface area contributed by atoms with Crippen LogP contribution < -0.4 is 14.2 Å². The van der Waals surface area contributed by atoms with Gasteiger partial charge in [-0.05, 0) is 55.5 Å². The largest absolute Gasteiger partial charge is 0.497 e. The van der Waals surface area contributed by atoms with Crippen molar-refractivity contribution in [3.05, 3.63) is 72.3 Å². The van der Waals surface area contributed by atoms with E-state index in [0.29, 0.717) is 6.07 Å². The first-order valence-corrected chi connectivity index (χ1v) is 12.9. The van der Waals surface area contributed by atoms with Crippen LogP contribution in [-0.2, 0) is 19.4 Å². The fourth-order valence-corrected chi connectivity index (χ4v) is 4.55. The van der Waals surface area contributed by atoms with Gasteiger partial charge in [0, 0.05) is 6.07 Å². The van der Waals surface area contributed by atoms with E-state index in [1.54, 1.807) is 19.1 Å². The molecule has 0 spiro atoms. The Balaban J connectivity index is 1.95. The van der Waals surface area contributed by atoms with Gasteiger partial charge in [-0.25, -0.2) is 13.2 Å². The number of rotatable bonds is 11. The molecule has 3 rings (SSSR count). The number of esters is 1. The van der Waals surface area contributed by atoms with Gasteiger partial charge < -0.3 is 18.9 Å². The molecule has 0 unspecified atom stereocenters. The first-order valence-electron chi connectivity index (χ1n) is 11.4. The Kier molecular flexibility index (Phi) is 8.73. The highest BCUT2D eigenvalue weighted by Crippen LogP contribution is 2.54. The molecule has 0 aliphatic rings. The van der Waals surface area contributed by atoms with Crippen molar-refractivity contribution in [2.75, 3.05) is 14.2 Å². The third kappa shape index (κ3) is 5.80. The molecule has 0 aliphatic heterocycles. The lowest BCUT2D eigenvalue weighted by atomic mass is 10.0. The van der Waals surface area contributed by atoms with Gasteiger partial charge in [0.1, 0.15) is 11.5 Å². The number of halogens is 8. The average molecular weight is 628 g/mol. The summed E-state index contributed by atoms with van der Waals surface area (Å²) >= 11 is 0. The SMILES string of the molecule is COC(=O)C(F)(F)C(F)(F)C(F)(F)C(F)(F)Oc1cc(OC)ccc1Oc1ccc(S(=O)(=O)c2ccc(C)cc2)cc1. The van der Waals surface area contributed by atoms with E-state index in [1.807, 2.05) is 0 Å². The van der Waals surface area contributed by atoms with Crippen LogP contribution in [0.1, 0.15) is 5.56 Å². The summed E-state index contributed by atoms with van der Waals surface area (Å²) in [7, 11) is -2.81. The Bertz CT molecular complexity index is 1540. The highest BCUT2D eigenvalue weighted by atomic mass is 32.2. The van der Waals surface area contributed by atoms with Crippen molar-refractivity contribution in [3.63, 3.8) is 0 Å². The summed E-state index contributed by atoms with van der Waals surface area (Å²) in [6, 6.07) is 12.6. The molecule has 0 aliphatic carbocycles. The van der Waals surface area contributed by atoms with E-state index in [4.69, 9.17) is 9.47 Å². The Hall–Kier alpha value is -4.08. The van der Waals surface area contributed by atoms with E-state index in [0.717, 1.165) is 49.1 Å². The summed E-state index contributed by atoms with van der Waals surface area (Å²) in [5.41, 5.74) is 0.805. The van der Waals surface area contributed by atoms with E-state index in [9.17, 15) is 48.3 Å².